The van der Waals surface area contributed by atoms with E-state index in [-0.39, 0.29) is 37.7 Å². The van der Waals surface area contributed by atoms with Crippen LogP contribution in [0.5, 0.6) is 0 Å². The number of ether oxygens (including phenoxy) is 3. The van der Waals surface area contributed by atoms with Gasteiger partial charge in [-0.1, -0.05) is 70.0 Å². The minimum absolute atomic E-state index is 0.169. The van der Waals surface area contributed by atoms with Gasteiger partial charge in [0.25, 0.3) is 0 Å². The summed E-state index contributed by atoms with van der Waals surface area (Å²) in [4.78, 5) is 24.1. The highest BCUT2D eigenvalue weighted by molar-refractivity contribution is 8.77. The summed E-state index contributed by atoms with van der Waals surface area (Å²) in [5.74, 6) is 0.464. The summed E-state index contributed by atoms with van der Waals surface area (Å²) >= 11 is 0. The second kappa shape index (κ2) is 13.9. The molecule has 2 atom stereocenters. The molecule has 1 heterocycles. The molecule has 1 aliphatic heterocycles. The summed E-state index contributed by atoms with van der Waals surface area (Å²) < 4.78 is 16.0. The molecule has 1 fully saturated rings. The first-order valence-corrected chi connectivity index (χ1v) is 14.1. The molecule has 180 valence electrons. The minimum Gasteiger partial charge on any atom is -0.463 e. The number of carbonyl (C=O) groups excluding carboxylic acids is 2. The third-order valence-electron chi connectivity index (χ3n) is 5.72. The third-order valence-corrected chi connectivity index (χ3v) is 8.73. The Morgan fingerprint density at radius 1 is 1.00 bits per heavy atom. The molecule has 5 nitrogen and oxygen atoms in total. The zero-order valence-corrected chi connectivity index (χ0v) is 21.2. The van der Waals surface area contributed by atoms with Crippen LogP contribution in [0.2, 0.25) is 0 Å². The third kappa shape index (κ3) is 8.87. The molecule has 0 N–H and O–H groups in total. The van der Waals surface area contributed by atoms with E-state index in [0.29, 0.717) is 13.0 Å². The van der Waals surface area contributed by atoms with Gasteiger partial charge >= 0.3 is 11.9 Å². The van der Waals surface area contributed by atoms with Crippen LogP contribution in [0.3, 0.4) is 0 Å². The smallest absolute Gasteiger partial charge is 0.313 e. The van der Waals surface area contributed by atoms with E-state index in [1.807, 2.05) is 46.7 Å². The van der Waals surface area contributed by atoms with Gasteiger partial charge in [0.15, 0.2) is 0 Å². The van der Waals surface area contributed by atoms with Crippen molar-refractivity contribution in [2.75, 3.05) is 32.2 Å². The Hall–Kier alpha value is -1.70. The Morgan fingerprint density at radius 2 is 1.76 bits per heavy atom. The van der Waals surface area contributed by atoms with Crippen molar-refractivity contribution in [1.82, 2.24) is 0 Å². The van der Waals surface area contributed by atoms with Gasteiger partial charge in [-0.15, -0.1) is 0 Å². The summed E-state index contributed by atoms with van der Waals surface area (Å²) in [5.41, 5.74) is 2.15. The molecule has 2 aromatic carbocycles. The molecule has 1 saturated heterocycles. The Labute approximate surface area is 204 Å². The first-order valence-electron chi connectivity index (χ1n) is 11.7. The fraction of sp³-hybridized carbons (Fsp3) is 0.538. The lowest BCUT2D eigenvalue weighted by molar-refractivity contribution is -0.147. The summed E-state index contributed by atoms with van der Waals surface area (Å²) in [6.45, 7) is 4.92. The molecule has 0 saturated carbocycles. The maximum atomic E-state index is 12.4. The van der Waals surface area contributed by atoms with Crippen molar-refractivity contribution in [3.05, 3.63) is 47.5 Å². The topological polar surface area (TPSA) is 61.8 Å². The molecule has 0 aliphatic carbocycles. The lowest BCUT2D eigenvalue weighted by Crippen LogP contribution is -2.17. The van der Waals surface area contributed by atoms with E-state index in [1.54, 1.807) is 0 Å². The first-order chi connectivity index (χ1) is 16.0. The molecule has 3 rings (SSSR count). The summed E-state index contributed by atoms with van der Waals surface area (Å²) in [5, 5.41) is 3.03. The first kappa shape index (κ1) is 25.9. The molecule has 2 unspecified atom stereocenters. The van der Waals surface area contributed by atoms with E-state index in [4.69, 9.17) is 14.2 Å². The number of fused-ring (bicyclic) bond motifs is 1. The van der Waals surface area contributed by atoms with Gasteiger partial charge in [-0.25, -0.2) is 0 Å². The average molecular weight is 491 g/mol. The highest BCUT2D eigenvalue weighted by Gasteiger charge is 2.17. The van der Waals surface area contributed by atoms with Crippen LogP contribution in [-0.2, 0) is 23.8 Å². The Kier molecular flexibility index (Phi) is 10.9. The van der Waals surface area contributed by atoms with Gasteiger partial charge < -0.3 is 14.2 Å². The lowest BCUT2D eigenvalue weighted by atomic mass is 9.97. The number of benzene rings is 2. The maximum absolute atomic E-state index is 12.4. The Balaban J connectivity index is 1.22. The number of esters is 2. The van der Waals surface area contributed by atoms with E-state index in [9.17, 15) is 9.59 Å². The normalized spacial score (nSPS) is 16.6. The standard InChI is InChI=1S/C26H34O5S2/c1-19-7-8-23-18-21(9-10-22(23)17-19)20(2)26(28)31-15-13-29-12-14-30-25(27)6-4-3-5-24-11-16-32-33-24/h7-10,17-18,20,24H,3-6,11-16H2,1-2H3. The second-order valence-electron chi connectivity index (χ2n) is 8.41. The van der Waals surface area contributed by atoms with Crippen LogP contribution < -0.4 is 0 Å². The molecular weight excluding hydrogens is 456 g/mol. The summed E-state index contributed by atoms with van der Waals surface area (Å²) in [6, 6.07) is 12.3. The number of hydrogen-bond donors (Lipinski definition) is 0. The van der Waals surface area contributed by atoms with E-state index >= 15 is 0 Å². The number of unbranched alkanes of at least 4 members (excludes halogenated alkanes) is 1. The summed E-state index contributed by atoms with van der Waals surface area (Å²) in [7, 11) is 3.93. The fourth-order valence-corrected chi connectivity index (χ4v) is 6.74. The zero-order valence-electron chi connectivity index (χ0n) is 19.5. The van der Waals surface area contributed by atoms with Gasteiger partial charge in [0.05, 0.1) is 19.1 Å². The molecule has 7 heteroatoms. The quantitative estimate of drug-likeness (QED) is 0.192. The van der Waals surface area contributed by atoms with E-state index in [1.165, 1.54) is 24.2 Å². The van der Waals surface area contributed by atoms with E-state index < -0.39 is 0 Å². The van der Waals surface area contributed by atoms with Crippen LogP contribution in [0.1, 0.15) is 56.1 Å². The Morgan fingerprint density at radius 3 is 2.55 bits per heavy atom. The number of rotatable bonds is 13. The van der Waals surface area contributed by atoms with Crippen molar-refractivity contribution >= 4 is 44.3 Å². The van der Waals surface area contributed by atoms with Crippen molar-refractivity contribution in [2.45, 2.75) is 57.1 Å². The zero-order chi connectivity index (χ0) is 23.5. The van der Waals surface area contributed by atoms with Gasteiger partial charge in [-0.3, -0.25) is 9.59 Å². The van der Waals surface area contributed by atoms with Crippen LogP contribution in [0.4, 0.5) is 0 Å². The predicted octanol–water partition coefficient (Wildman–Crippen LogP) is 6.07. The van der Waals surface area contributed by atoms with Crippen molar-refractivity contribution in [2.24, 2.45) is 0 Å². The SMILES string of the molecule is Cc1ccc2cc(C(C)C(=O)OCCOCCOC(=O)CCCCC3CCSS3)ccc2c1. The molecule has 0 amide bonds. The van der Waals surface area contributed by atoms with Gasteiger partial charge in [0.1, 0.15) is 13.2 Å². The maximum Gasteiger partial charge on any atom is 0.313 e. The fourth-order valence-electron chi connectivity index (χ4n) is 3.71. The van der Waals surface area contributed by atoms with E-state index in [0.717, 1.165) is 34.4 Å². The predicted molar refractivity (Wildman–Crippen MR) is 137 cm³/mol. The van der Waals surface area contributed by atoms with Gasteiger partial charge in [-0.05, 0) is 49.4 Å². The molecule has 2 aromatic rings. The van der Waals surface area contributed by atoms with Crippen LogP contribution in [-0.4, -0.2) is 49.4 Å². The van der Waals surface area contributed by atoms with Gasteiger partial charge in [-0.2, -0.15) is 0 Å². The van der Waals surface area contributed by atoms with Crippen molar-refractivity contribution in [3.8, 4) is 0 Å². The van der Waals surface area contributed by atoms with Gasteiger partial charge in [0, 0.05) is 17.4 Å². The highest BCUT2D eigenvalue weighted by Crippen LogP contribution is 2.39. The highest BCUT2D eigenvalue weighted by atomic mass is 33.1. The number of hydrogen-bond acceptors (Lipinski definition) is 7. The monoisotopic (exact) mass is 490 g/mol. The van der Waals surface area contributed by atoms with Crippen molar-refractivity contribution in [3.63, 3.8) is 0 Å². The lowest BCUT2D eigenvalue weighted by Gasteiger charge is -2.13. The average Bonchev–Trinajstić information content (AvgIpc) is 3.34. The van der Waals surface area contributed by atoms with Crippen molar-refractivity contribution in [1.29, 1.82) is 0 Å². The minimum atomic E-state index is -0.345. The van der Waals surface area contributed by atoms with Crippen LogP contribution >= 0.6 is 21.6 Å². The molecular formula is C26H34O5S2. The van der Waals surface area contributed by atoms with Crippen LogP contribution in [0.25, 0.3) is 10.8 Å². The largest absolute Gasteiger partial charge is 0.463 e. The molecule has 33 heavy (non-hydrogen) atoms. The molecule has 0 aromatic heterocycles. The number of aryl methyl sites for hydroxylation is 1. The second-order valence-corrected chi connectivity index (χ2v) is 11.2. The van der Waals surface area contributed by atoms with Crippen molar-refractivity contribution < 1.29 is 23.8 Å². The number of carbonyl (C=O) groups is 2. The van der Waals surface area contributed by atoms with Gasteiger partial charge in [0.2, 0.25) is 0 Å². The molecule has 0 spiro atoms. The Bertz CT molecular complexity index is 911. The molecule has 0 radical (unpaired) electrons. The van der Waals surface area contributed by atoms with Crippen LogP contribution in [0, 0.1) is 6.92 Å². The summed E-state index contributed by atoms with van der Waals surface area (Å²) in [6.07, 6.45) is 4.90. The molecule has 1 aliphatic rings. The molecule has 0 bridgehead atoms. The van der Waals surface area contributed by atoms with Crippen LogP contribution in [0.15, 0.2) is 36.4 Å². The van der Waals surface area contributed by atoms with E-state index in [2.05, 4.69) is 25.1 Å².